The molecule has 0 saturated carbocycles. The van der Waals surface area contributed by atoms with E-state index in [-0.39, 0.29) is 24.8 Å². The van der Waals surface area contributed by atoms with Crippen molar-refractivity contribution in [2.75, 3.05) is 6.54 Å². The molecule has 2 aromatic rings. The third-order valence-electron chi connectivity index (χ3n) is 5.49. The van der Waals surface area contributed by atoms with E-state index in [2.05, 4.69) is 5.32 Å². The number of hydrogen-bond acceptors (Lipinski definition) is 5. The molecule has 3 rings (SSSR count). The van der Waals surface area contributed by atoms with Crippen molar-refractivity contribution in [1.82, 2.24) is 10.2 Å². The number of nitrogens with zero attached hydrogens (tertiary/aromatic N) is 1. The summed E-state index contributed by atoms with van der Waals surface area (Å²) in [6.07, 6.45) is 0.654. The van der Waals surface area contributed by atoms with E-state index in [9.17, 15) is 14.7 Å². The molecule has 1 fully saturated rings. The molecule has 1 aliphatic heterocycles. The van der Waals surface area contributed by atoms with Gasteiger partial charge in [-0.05, 0) is 29.5 Å². The third-order valence-corrected chi connectivity index (χ3v) is 5.49. The van der Waals surface area contributed by atoms with Crippen molar-refractivity contribution in [2.24, 2.45) is 11.5 Å². The van der Waals surface area contributed by atoms with Gasteiger partial charge in [-0.15, -0.1) is 0 Å². The van der Waals surface area contributed by atoms with E-state index >= 15 is 0 Å². The van der Waals surface area contributed by atoms with Crippen LogP contribution in [-0.4, -0.2) is 46.6 Å². The summed E-state index contributed by atoms with van der Waals surface area (Å²) in [6, 6.07) is 16.1. The number of aryl methyl sites for hydroxylation is 1. The number of aliphatic hydroxyl groups is 1. The van der Waals surface area contributed by atoms with Gasteiger partial charge in [0.05, 0.1) is 12.1 Å². The summed E-state index contributed by atoms with van der Waals surface area (Å²) in [5.41, 5.74) is 14.8. The quantitative estimate of drug-likeness (QED) is 0.510. The fourth-order valence-electron chi connectivity index (χ4n) is 3.71. The van der Waals surface area contributed by atoms with Crippen molar-refractivity contribution in [3.8, 4) is 0 Å². The van der Waals surface area contributed by atoms with E-state index in [0.717, 1.165) is 16.7 Å². The minimum atomic E-state index is -0.727. The van der Waals surface area contributed by atoms with Crippen molar-refractivity contribution in [3.05, 3.63) is 71.3 Å². The molecule has 0 bridgehead atoms. The highest BCUT2D eigenvalue weighted by molar-refractivity contribution is 5.90. The Morgan fingerprint density at radius 2 is 1.73 bits per heavy atom. The lowest BCUT2D eigenvalue weighted by atomic mass is 10.0. The predicted molar refractivity (Wildman–Crippen MR) is 115 cm³/mol. The van der Waals surface area contributed by atoms with Crippen LogP contribution in [0.3, 0.4) is 0 Å². The average Bonchev–Trinajstić information content (AvgIpc) is 3.18. The number of nitrogens with one attached hydrogen (secondary N) is 1. The average molecular weight is 411 g/mol. The van der Waals surface area contributed by atoms with Crippen molar-refractivity contribution in [1.29, 1.82) is 0 Å². The molecule has 30 heavy (non-hydrogen) atoms. The molecule has 1 saturated heterocycles. The first-order valence-corrected chi connectivity index (χ1v) is 10.3. The minimum absolute atomic E-state index is 0.126. The van der Waals surface area contributed by atoms with E-state index in [4.69, 9.17) is 11.5 Å². The topological polar surface area (TPSA) is 122 Å². The number of β-amino-alcohol motifs (C(OH)–C–C–N with tert-alkyl or cyclic N) is 1. The lowest BCUT2D eigenvalue weighted by Gasteiger charge is -2.26. The Morgan fingerprint density at radius 1 is 1.07 bits per heavy atom. The monoisotopic (exact) mass is 410 g/mol. The number of hydrogen-bond donors (Lipinski definition) is 4. The zero-order valence-electron chi connectivity index (χ0n) is 17.0. The Balaban J connectivity index is 1.56. The number of benzene rings is 2. The van der Waals surface area contributed by atoms with Gasteiger partial charge in [0.15, 0.2) is 0 Å². The first kappa shape index (κ1) is 22.0. The molecule has 7 nitrogen and oxygen atoms in total. The SMILES string of the molecule is NCc1ccc(CNC(=O)[C@@H]2C[C@H](O)CN2C(=O)[C@H](N)CCc2ccccc2)cc1. The van der Waals surface area contributed by atoms with Crippen LogP contribution in [0.5, 0.6) is 0 Å². The number of nitrogens with two attached hydrogens (primary N) is 2. The fraction of sp³-hybridized carbons (Fsp3) is 0.391. The van der Waals surface area contributed by atoms with E-state index in [0.29, 0.717) is 25.9 Å². The molecule has 160 valence electrons. The van der Waals surface area contributed by atoms with Gasteiger partial charge in [-0.2, -0.15) is 0 Å². The first-order valence-electron chi connectivity index (χ1n) is 10.3. The summed E-state index contributed by atoms with van der Waals surface area (Å²) in [5.74, 6) is -0.576. The zero-order chi connectivity index (χ0) is 21.5. The second-order valence-corrected chi connectivity index (χ2v) is 7.77. The van der Waals surface area contributed by atoms with Gasteiger partial charge in [-0.3, -0.25) is 9.59 Å². The van der Waals surface area contributed by atoms with Crippen LogP contribution >= 0.6 is 0 Å². The summed E-state index contributed by atoms with van der Waals surface area (Å²) in [7, 11) is 0. The molecular formula is C23H30N4O3. The van der Waals surface area contributed by atoms with Crippen LogP contribution in [0.4, 0.5) is 0 Å². The maximum Gasteiger partial charge on any atom is 0.243 e. The molecular weight excluding hydrogens is 380 g/mol. The molecule has 0 aliphatic carbocycles. The van der Waals surface area contributed by atoms with Crippen LogP contribution in [0.25, 0.3) is 0 Å². The van der Waals surface area contributed by atoms with Gasteiger partial charge in [0.1, 0.15) is 6.04 Å². The highest BCUT2D eigenvalue weighted by Gasteiger charge is 2.40. The van der Waals surface area contributed by atoms with Crippen LogP contribution in [0.1, 0.15) is 29.5 Å². The van der Waals surface area contributed by atoms with Gasteiger partial charge < -0.3 is 26.8 Å². The van der Waals surface area contributed by atoms with Gasteiger partial charge in [0, 0.05) is 26.1 Å². The lowest BCUT2D eigenvalue weighted by Crippen LogP contribution is -2.51. The van der Waals surface area contributed by atoms with E-state index < -0.39 is 18.2 Å². The highest BCUT2D eigenvalue weighted by atomic mass is 16.3. The summed E-state index contributed by atoms with van der Waals surface area (Å²) in [5, 5.41) is 12.9. The summed E-state index contributed by atoms with van der Waals surface area (Å²) in [4.78, 5) is 27.0. The maximum atomic E-state index is 12.9. The Kier molecular flexibility index (Phi) is 7.57. The zero-order valence-corrected chi connectivity index (χ0v) is 17.0. The van der Waals surface area contributed by atoms with Gasteiger partial charge in [0.25, 0.3) is 0 Å². The number of carbonyl (C=O) groups excluding carboxylic acids is 2. The van der Waals surface area contributed by atoms with Crippen LogP contribution < -0.4 is 16.8 Å². The normalized spacial score (nSPS) is 19.5. The molecule has 3 atom stereocenters. The van der Waals surface area contributed by atoms with Gasteiger partial charge in [0.2, 0.25) is 11.8 Å². The molecule has 0 spiro atoms. The Hall–Kier alpha value is -2.74. The van der Waals surface area contributed by atoms with E-state index in [1.54, 1.807) is 0 Å². The number of aliphatic hydroxyl groups excluding tert-OH is 1. The van der Waals surface area contributed by atoms with Gasteiger partial charge >= 0.3 is 0 Å². The molecule has 2 aromatic carbocycles. The van der Waals surface area contributed by atoms with Crippen LogP contribution in [0, 0.1) is 0 Å². The molecule has 7 heteroatoms. The molecule has 1 heterocycles. The second kappa shape index (κ2) is 10.3. The van der Waals surface area contributed by atoms with Gasteiger partial charge in [-0.25, -0.2) is 0 Å². The van der Waals surface area contributed by atoms with Crippen molar-refractivity contribution in [3.63, 3.8) is 0 Å². The molecule has 0 aromatic heterocycles. The smallest absolute Gasteiger partial charge is 0.243 e. The van der Waals surface area contributed by atoms with Crippen LogP contribution in [-0.2, 0) is 29.1 Å². The van der Waals surface area contributed by atoms with E-state index in [1.807, 2.05) is 54.6 Å². The van der Waals surface area contributed by atoms with Crippen molar-refractivity contribution in [2.45, 2.75) is 50.5 Å². The minimum Gasteiger partial charge on any atom is -0.391 e. The largest absolute Gasteiger partial charge is 0.391 e. The summed E-state index contributed by atoms with van der Waals surface area (Å²) in [6.45, 7) is 0.938. The standard InChI is InChI=1S/C23H30N4O3/c24-13-17-6-8-18(9-7-17)14-26-22(29)21-12-19(28)15-27(21)23(30)20(25)11-10-16-4-2-1-3-5-16/h1-9,19-21,28H,10-15,24-25H2,(H,26,29)/t19-,20+,21-/m0/s1. The molecule has 0 unspecified atom stereocenters. The second-order valence-electron chi connectivity index (χ2n) is 7.77. The molecule has 0 radical (unpaired) electrons. The summed E-state index contributed by atoms with van der Waals surface area (Å²) < 4.78 is 0. The van der Waals surface area contributed by atoms with E-state index in [1.165, 1.54) is 4.90 Å². The number of likely N-dealkylation sites (tertiary alicyclic amines) is 1. The first-order chi connectivity index (χ1) is 14.5. The van der Waals surface area contributed by atoms with Crippen molar-refractivity contribution < 1.29 is 14.7 Å². The fourth-order valence-corrected chi connectivity index (χ4v) is 3.71. The van der Waals surface area contributed by atoms with Crippen molar-refractivity contribution >= 4 is 11.8 Å². The Morgan fingerprint density at radius 3 is 2.40 bits per heavy atom. The highest BCUT2D eigenvalue weighted by Crippen LogP contribution is 2.20. The Labute approximate surface area is 177 Å². The third kappa shape index (κ3) is 5.66. The molecule has 2 amide bonds. The van der Waals surface area contributed by atoms with Crippen LogP contribution in [0.2, 0.25) is 0 Å². The number of carbonyl (C=O) groups is 2. The molecule has 6 N–H and O–H groups in total. The summed E-state index contributed by atoms with van der Waals surface area (Å²) >= 11 is 0. The Bertz CT molecular complexity index is 841. The van der Waals surface area contributed by atoms with Gasteiger partial charge in [-0.1, -0.05) is 54.6 Å². The number of amides is 2. The molecule has 1 aliphatic rings. The predicted octanol–water partition coefficient (Wildman–Crippen LogP) is 0.683. The maximum absolute atomic E-state index is 12.9. The van der Waals surface area contributed by atoms with Crippen LogP contribution in [0.15, 0.2) is 54.6 Å². The number of rotatable bonds is 8. The lowest BCUT2D eigenvalue weighted by molar-refractivity contribution is -0.139.